The number of rotatable bonds is 7. The van der Waals surface area contributed by atoms with Crippen molar-refractivity contribution in [2.75, 3.05) is 13.2 Å². The summed E-state index contributed by atoms with van der Waals surface area (Å²) < 4.78 is 17.6. The number of thiophene rings is 1. The van der Waals surface area contributed by atoms with E-state index in [1.807, 2.05) is 56.5 Å². The zero-order valence-electron chi connectivity index (χ0n) is 21.0. The summed E-state index contributed by atoms with van der Waals surface area (Å²) in [5.74, 6) is -0.1000. The lowest BCUT2D eigenvalue weighted by Gasteiger charge is -2.37. The Hall–Kier alpha value is -2.90. The largest absolute Gasteiger partial charge is 0.491 e. The van der Waals surface area contributed by atoms with Crippen LogP contribution in [0.3, 0.4) is 0 Å². The molecule has 1 aromatic heterocycles. The van der Waals surface area contributed by atoms with Gasteiger partial charge in [-0.25, -0.2) is 4.79 Å². The van der Waals surface area contributed by atoms with Crippen molar-refractivity contribution in [3.05, 3.63) is 74.8 Å². The lowest BCUT2D eigenvalue weighted by atomic mass is 9.72. The quantitative estimate of drug-likeness (QED) is 0.491. The highest BCUT2D eigenvalue weighted by Crippen LogP contribution is 2.48. The van der Waals surface area contributed by atoms with Crippen LogP contribution in [0.15, 0.2) is 64.3 Å². The Morgan fingerprint density at radius 3 is 2.75 bits per heavy atom. The molecule has 1 aliphatic carbocycles. The molecule has 2 aliphatic heterocycles. The zero-order valence-corrected chi connectivity index (χ0v) is 21.9. The first-order valence-corrected chi connectivity index (χ1v) is 13.6. The van der Waals surface area contributed by atoms with Crippen LogP contribution >= 0.6 is 11.3 Å². The summed E-state index contributed by atoms with van der Waals surface area (Å²) in [6.07, 6.45) is 2.88. The minimum absolute atomic E-state index is 0.0495. The number of carbonyl (C=O) groups excluding carboxylic acids is 2. The van der Waals surface area contributed by atoms with Gasteiger partial charge in [-0.15, -0.1) is 11.3 Å². The highest BCUT2D eigenvalue weighted by atomic mass is 32.1. The predicted octanol–water partition coefficient (Wildman–Crippen LogP) is 5.62. The number of carbonyl (C=O) groups is 2. The number of ketones is 1. The topological polar surface area (TPSA) is 73.9 Å². The number of esters is 1. The van der Waals surface area contributed by atoms with E-state index in [1.165, 1.54) is 4.88 Å². The molecule has 1 saturated heterocycles. The molecule has 1 aromatic carbocycles. The fourth-order valence-corrected chi connectivity index (χ4v) is 6.28. The maximum Gasteiger partial charge on any atom is 0.336 e. The van der Waals surface area contributed by atoms with Crippen LogP contribution in [-0.2, 0) is 19.1 Å². The van der Waals surface area contributed by atoms with Gasteiger partial charge < -0.3 is 19.5 Å². The SMILES string of the molecule is CC1=C(C(=O)OC[C@@H]2CCCO2)[C@@H](c2ccccc2OC(C)C)C2=C(C[C@@H](c3cccs3)CC2=O)N1. The molecule has 7 heteroatoms. The zero-order chi connectivity index (χ0) is 25.2. The molecule has 0 unspecified atom stereocenters. The molecule has 1 N–H and O–H groups in total. The van der Waals surface area contributed by atoms with Crippen LogP contribution in [-0.4, -0.2) is 37.2 Å². The van der Waals surface area contributed by atoms with Crippen LogP contribution in [0.25, 0.3) is 0 Å². The normalized spacial score (nSPS) is 24.1. The van der Waals surface area contributed by atoms with Crippen molar-refractivity contribution in [3.8, 4) is 5.75 Å². The summed E-state index contributed by atoms with van der Waals surface area (Å²) in [5.41, 5.74) is 3.54. The minimum atomic E-state index is -0.551. The van der Waals surface area contributed by atoms with Crippen molar-refractivity contribution in [2.24, 2.45) is 0 Å². The molecule has 6 nitrogen and oxygen atoms in total. The van der Waals surface area contributed by atoms with E-state index >= 15 is 0 Å². The molecule has 3 atom stereocenters. The lowest BCUT2D eigenvalue weighted by molar-refractivity contribution is -0.142. The smallest absolute Gasteiger partial charge is 0.336 e. The first-order chi connectivity index (χ1) is 17.4. The van der Waals surface area contributed by atoms with E-state index in [0.29, 0.717) is 29.9 Å². The Bertz CT molecular complexity index is 1190. The lowest BCUT2D eigenvalue weighted by Crippen LogP contribution is -2.36. The van der Waals surface area contributed by atoms with Gasteiger partial charge in [0.1, 0.15) is 12.4 Å². The number of Topliss-reactive ketones (excluding diaryl/α,β-unsaturated/α-hetero) is 1. The average molecular weight is 508 g/mol. The van der Waals surface area contributed by atoms with Crippen LogP contribution in [0.4, 0.5) is 0 Å². The van der Waals surface area contributed by atoms with E-state index in [9.17, 15) is 9.59 Å². The van der Waals surface area contributed by atoms with Crippen LogP contribution in [0.2, 0.25) is 0 Å². The van der Waals surface area contributed by atoms with Gasteiger partial charge in [-0.3, -0.25) is 4.79 Å². The van der Waals surface area contributed by atoms with Crippen molar-refractivity contribution in [1.82, 2.24) is 5.32 Å². The summed E-state index contributed by atoms with van der Waals surface area (Å²) >= 11 is 1.68. The van der Waals surface area contributed by atoms with Crippen LogP contribution in [0.5, 0.6) is 5.75 Å². The molecule has 190 valence electrons. The fourth-order valence-electron chi connectivity index (χ4n) is 5.45. The van der Waals surface area contributed by atoms with Crippen molar-refractivity contribution in [1.29, 1.82) is 0 Å². The highest BCUT2D eigenvalue weighted by Gasteiger charge is 2.42. The summed E-state index contributed by atoms with van der Waals surface area (Å²) in [7, 11) is 0. The Morgan fingerprint density at radius 1 is 1.19 bits per heavy atom. The third-order valence-electron chi connectivity index (χ3n) is 7.01. The standard InChI is InChI=1S/C29H33NO5S/c1-17(2)35-24-10-5-4-9-21(24)27-26(29(32)34-16-20-8-6-12-33-20)18(3)30-22-14-19(15-23(31)28(22)27)25-11-7-13-36-25/h4-5,7,9-11,13,17,19-20,27,30H,6,8,12,14-16H2,1-3H3/t19-,20+,27-/m1/s1. The van der Waals surface area contributed by atoms with Crippen molar-refractivity contribution in [2.45, 2.75) is 70.5 Å². The number of nitrogens with one attached hydrogen (secondary N) is 1. The van der Waals surface area contributed by atoms with E-state index in [-0.39, 0.29) is 30.5 Å². The fraction of sp³-hybridized carbons (Fsp3) is 0.448. The first kappa shape index (κ1) is 24.8. The van der Waals surface area contributed by atoms with Crippen LogP contribution < -0.4 is 10.1 Å². The van der Waals surface area contributed by atoms with E-state index in [0.717, 1.165) is 36.2 Å². The number of para-hydroxylation sites is 1. The van der Waals surface area contributed by atoms with E-state index in [2.05, 4.69) is 11.4 Å². The summed E-state index contributed by atoms with van der Waals surface area (Å²) in [5, 5.41) is 5.48. The summed E-state index contributed by atoms with van der Waals surface area (Å²) in [6, 6.07) is 11.8. The number of hydrogen-bond acceptors (Lipinski definition) is 7. The van der Waals surface area contributed by atoms with Gasteiger partial charge in [-0.1, -0.05) is 24.3 Å². The van der Waals surface area contributed by atoms with E-state index in [4.69, 9.17) is 14.2 Å². The Balaban J connectivity index is 1.55. The molecule has 2 aromatic rings. The first-order valence-electron chi connectivity index (χ1n) is 12.7. The van der Waals surface area contributed by atoms with Crippen molar-refractivity contribution in [3.63, 3.8) is 0 Å². The highest BCUT2D eigenvalue weighted by molar-refractivity contribution is 7.10. The van der Waals surface area contributed by atoms with Crippen molar-refractivity contribution < 1.29 is 23.8 Å². The van der Waals surface area contributed by atoms with Gasteiger partial charge in [-0.2, -0.15) is 0 Å². The number of hydrogen-bond donors (Lipinski definition) is 1. The van der Waals surface area contributed by atoms with E-state index < -0.39 is 11.9 Å². The van der Waals surface area contributed by atoms with Gasteiger partial charge in [0.15, 0.2) is 5.78 Å². The van der Waals surface area contributed by atoms with Gasteiger partial charge in [0, 0.05) is 46.4 Å². The van der Waals surface area contributed by atoms with Crippen LogP contribution in [0.1, 0.15) is 68.7 Å². The summed E-state index contributed by atoms with van der Waals surface area (Å²) in [6.45, 7) is 6.75. The second kappa shape index (κ2) is 10.6. The molecular weight excluding hydrogens is 474 g/mol. The minimum Gasteiger partial charge on any atom is -0.491 e. The van der Waals surface area contributed by atoms with Gasteiger partial charge in [0.05, 0.1) is 23.7 Å². The van der Waals surface area contributed by atoms with E-state index in [1.54, 1.807) is 11.3 Å². The molecular formula is C29H33NO5S. The predicted molar refractivity (Wildman–Crippen MR) is 139 cm³/mol. The second-order valence-corrected chi connectivity index (χ2v) is 10.9. The maximum absolute atomic E-state index is 13.8. The average Bonchev–Trinajstić information content (AvgIpc) is 3.56. The molecule has 0 saturated carbocycles. The molecule has 5 rings (SSSR count). The number of benzene rings is 1. The Labute approximate surface area is 216 Å². The molecule has 0 radical (unpaired) electrons. The van der Waals surface area contributed by atoms with Gasteiger partial charge in [0.25, 0.3) is 0 Å². The summed E-state index contributed by atoms with van der Waals surface area (Å²) in [4.78, 5) is 28.5. The molecule has 0 amide bonds. The van der Waals surface area contributed by atoms with Gasteiger partial charge in [-0.05, 0) is 57.5 Å². The van der Waals surface area contributed by atoms with Gasteiger partial charge >= 0.3 is 5.97 Å². The number of allylic oxidation sites excluding steroid dienone is 3. The molecule has 0 spiro atoms. The molecule has 1 fully saturated rings. The molecule has 3 heterocycles. The second-order valence-electron chi connectivity index (χ2n) is 9.97. The molecule has 36 heavy (non-hydrogen) atoms. The maximum atomic E-state index is 13.8. The Kier molecular flexibility index (Phi) is 7.30. The van der Waals surface area contributed by atoms with Crippen molar-refractivity contribution >= 4 is 23.1 Å². The monoisotopic (exact) mass is 507 g/mol. The van der Waals surface area contributed by atoms with Gasteiger partial charge in [0.2, 0.25) is 0 Å². The molecule has 3 aliphatic rings. The number of ether oxygens (including phenoxy) is 3. The Morgan fingerprint density at radius 2 is 2.03 bits per heavy atom. The van der Waals surface area contributed by atoms with Crippen LogP contribution in [0, 0.1) is 0 Å². The molecule has 0 bridgehead atoms. The third-order valence-corrected chi connectivity index (χ3v) is 8.04. The number of dihydropyridines is 1. The third kappa shape index (κ3) is 5.00.